The Kier molecular flexibility index (Phi) is 4.22. The van der Waals surface area contributed by atoms with Gasteiger partial charge in [0.1, 0.15) is 6.10 Å². The van der Waals surface area contributed by atoms with Crippen LogP contribution >= 0.6 is 0 Å². The molecule has 2 heterocycles. The second-order valence-corrected chi connectivity index (χ2v) is 4.40. The zero-order valence-electron chi connectivity index (χ0n) is 10.5. The third kappa shape index (κ3) is 3.02. The molecule has 0 saturated carbocycles. The Hall–Kier alpha value is -1.53. The molecule has 0 aliphatic carbocycles. The Morgan fingerprint density at radius 2 is 2.17 bits per heavy atom. The van der Waals surface area contributed by atoms with Gasteiger partial charge in [0, 0.05) is 32.6 Å². The Morgan fingerprint density at radius 1 is 1.44 bits per heavy atom. The number of carbonyl (C=O) groups excluding carboxylic acids is 1. The molecule has 0 radical (unpaired) electrons. The summed E-state index contributed by atoms with van der Waals surface area (Å²) in [5, 5.41) is 12.5. The lowest BCUT2D eigenvalue weighted by molar-refractivity contribution is 0.0215. The molecule has 2 rings (SSSR count). The minimum atomic E-state index is -0.592. The van der Waals surface area contributed by atoms with Gasteiger partial charge in [0.25, 0.3) is 0 Å². The Balaban J connectivity index is 1.72. The number of nitrogens with zero attached hydrogens (tertiary/aromatic N) is 2. The normalized spacial score (nSPS) is 23.3. The van der Waals surface area contributed by atoms with E-state index in [2.05, 4.69) is 5.32 Å². The highest BCUT2D eigenvalue weighted by Gasteiger charge is 2.33. The van der Waals surface area contributed by atoms with Gasteiger partial charge in [-0.1, -0.05) is 0 Å². The van der Waals surface area contributed by atoms with Crippen LogP contribution in [-0.4, -0.2) is 59.6 Å². The van der Waals surface area contributed by atoms with Gasteiger partial charge in [-0.2, -0.15) is 0 Å². The second-order valence-electron chi connectivity index (χ2n) is 4.40. The number of carbonyl (C=O) groups is 1. The summed E-state index contributed by atoms with van der Waals surface area (Å²) in [7, 11) is 1.54. The minimum Gasteiger partial charge on any atom is -0.388 e. The molecule has 1 saturated heterocycles. The minimum absolute atomic E-state index is 0.152. The van der Waals surface area contributed by atoms with Crippen molar-refractivity contribution in [3.05, 3.63) is 24.5 Å². The molecule has 6 heteroatoms. The maximum absolute atomic E-state index is 11.8. The summed E-state index contributed by atoms with van der Waals surface area (Å²) in [5.41, 5.74) is 0. The van der Waals surface area contributed by atoms with Crippen molar-refractivity contribution in [2.24, 2.45) is 0 Å². The SMILES string of the molecule is CO[C@H]1CN(C(=O)NCCn2cccc2)C[C@@H]1O. The number of likely N-dealkylation sites (tertiary alicyclic amines) is 1. The van der Waals surface area contributed by atoms with Gasteiger partial charge in [0.2, 0.25) is 0 Å². The molecule has 0 unspecified atom stereocenters. The zero-order chi connectivity index (χ0) is 13.0. The van der Waals surface area contributed by atoms with Crippen LogP contribution in [0, 0.1) is 0 Å². The quantitative estimate of drug-likeness (QED) is 0.787. The molecule has 0 spiro atoms. The van der Waals surface area contributed by atoms with Crippen LogP contribution in [0.1, 0.15) is 0 Å². The average Bonchev–Trinajstić information content (AvgIpc) is 2.98. The zero-order valence-corrected chi connectivity index (χ0v) is 10.5. The van der Waals surface area contributed by atoms with Gasteiger partial charge >= 0.3 is 6.03 Å². The Morgan fingerprint density at radius 3 is 2.78 bits per heavy atom. The van der Waals surface area contributed by atoms with Gasteiger partial charge in [-0.25, -0.2) is 4.79 Å². The summed E-state index contributed by atoms with van der Waals surface area (Å²) in [4.78, 5) is 13.4. The smallest absolute Gasteiger partial charge is 0.317 e. The van der Waals surface area contributed by atoms with Crippen LogP contribution in [-0.2, 0) is 11.3 Å². The van der Waals surface area contributed by atoms with Crippen molar-refractivity contribution in [2.75, 3.05) is 26.7 Å². The number of amides is 2. The van der Waals surface area contributed by atoms with Crippen molar-refractivity contribution < 1.29 is 14.6 Å². The average molecular weight is 253 g/mol. The summed E-state index contributed by atoms with van der Waals surface area (Å²) in [6, 6.07) is 3.74. The Labute approximate surface area is 106 Å². The molecule has 2 amide bonds. The second kappa shape index (κ2) is 5.88. The lowest BCUT2D eigenvalue weighted by Gasteiger charge is -2.16. The fourth-order valence-electron chi connectivity index (χ4n) is 2.08. The molecule has 1 aliphatic heterocycles. The van der Waals surface area contributed by atoms with Crippen molar-refractivity contribution in [3.63, 3.8) is 0 Å². The van der Waals surface area contributed by atoms with Crippen LogP contribution in [0.5, 0.6) is 0 Å². The van der Waals surface area contributed by atoms with Gasteiger partial charge in [-0.3, -0.25) is 0 Å². The molecule has 1 aromatic heterocycles. The van der Waals surface area contributed by atoms with E-state index in [0.29, 0.717) is 19.6 Å². The predicted molar refractivity (Wildman–Crippen MR) is 66.2 cm³/mol. The van der Waals surface area contributed by atoms with Gasteiger partial charge in [-0.15, -0.1) is 0 Å². The number of aliphatic hydroxyl groups is 1. The lowest BCUT2D eigenvalue weighted by atomic mass is 10.3. The van der Waals surface area contributed by atoms with Crippen molar-refractivity contribution in [1.82, 2.24) is 14.8 Å². The summed E-state index contributed by atoms with van der Waals surface area (Å²) in [6.07, 6.45) is 3.03. The highest BCUT2D eigenvalue weighted by Crippen LogP contribution is 2.12. The van der Waals surface area contributed by atoms with E-state index >= 15 is 0 Å². The summed E-state index contributed by atoms with van der Waals surface area (Å²) >= 11 is 0. The highest BCUT2D eigenvalue weighted by atomic mass is 16.5. The van der Waals surface area contributed by atoms with Crippen LogP contribution in [0.25, 0.3) is 0 Å². The molecule has 1 aliphatic rings. The standard InChI is InChI=1S/C12H19N3O3/c1-18-11-9-15(8-10(11)16)12(17)13-4-7-14-5-2-3-6-14/h2-3,5-6,10-11,16H,4,7-9H2,1H3,(H,13,17)/t10-,11-/m0/s1. The van der Waals surface area contributed by atoms with E-state index in [0.717, 1.165) is 6.54 Å². The number of hydrogen-bond donors (Lipinski definition) is 2. The van der Waals surface area contributed by atoms with Crippen LogP contribution < -0.4 is 5.32 Å². The fraction of sp³-hybridized carbons (Fsp3) is 0.583. The monoisotopic (exact) mass is 253 g/mol. The largest absolute Gasteiger partial charge is 0.388 e. The molecule has 1 fully saturated rings. The van der Waals surface area contributed by atoms with Crippen molar-refractivity contribution >= 4 is 6.03 Å². The summed E-state index contributed by atoms with van der Waals surface area (Å²) in [6.45, 7) is 2.07. The molecule has 2 N–H and O–H groups in total. The van der Waals surface area contributed by atoms with E-state index in [1.165, 1.54) is 0 Å². The maximum Gasteiger partial charge on any atom is 0.317 e. The number of nitrogens with one attached hydrogen (secondary N) is 1. The van der Waals surface area contributed by atoms with Crippen LogP contribution in [0.2, 0.25) is 0 Å². The van der Waals surface area contributed by atoms with E-state index in [1.807, 2.05) is 29.1 Å². The third-order valence-corrected chi connectivity index (χ3v) is 3.14. The van der Waals surface area contributed by atoms with Gasteiger partial charge in [0.15, 0.2) is 0 Å². The molecule has 100 valence electrons. The number of ether oxygens (including phenoxy) is 1. The number of urea groups is 1. The molecule has 18 heavy (non-hydrogen) atoms. The summed E-state index contributed by atoms with van der Waals surface area (Å²) in [5.74, 6) is 0. The van der Waals surface area contributed by atoms with E-state index in [-0.39, 0.29) is 12.1 Å². The molecule has 2 atom stereocenters. The van der Waals surface area contributed by atoms with Gasteiger partial charge in [0.05, 0.1) is 19.2 Å². The first-order valence-electron chi connectivity index (χ1n) is 6.05. The molecular weight excluding hydrogens is 234 g/mol. The van der Waals surface area contributed by atoms with E-state index < -0.39 is 6.10 Å². The molecule has 1 aromatic rings. The van der Waals surface area contributed by atoms with Gasteiger partial charge in [-0.05, 0) is 12.1 Å². The number of aromatic nitrogens is 1. The fourth-order valence-corrected chi connectivity index (χ4v) is 2.08. The van der Waals surface area contributed by atoms with Crippen molar-refractivity contribution in [2.45, 2.75) is 18.8 Å². The maximum atomic E-state index is 11.8. The van der Waals surface area contributed by atoms with Crippen molar-refractivity contribution in [3.8, 4) is 0 Å². The third-order valence-electron chi connectivity index (χ3n) is 3.14. The van der Waals surface area contributed by atoms with E-state index in [4.69, 9.17) is 4.74 Å². The first-order chi connectivity index (χ1) is 8.70. The number of aliphatic hydroxyl groups excluding tert-OH is 1. The predicted octanol–water partition coefficient (Wildman–Crippen LogP) is -0.111. The van der Waals surface area contributed by atoms with Crippen LogP contribution in [0.4, 0.5) is 4.79 Å². The molecule has 6 nitrogen and oxygen atoms in total. The number of methoxy groups -OCH3 is 1. The van der Waals surface area contributed by atoms with Gasteiger partial charge < -0.3 is 24.6 Å². The molecular formula is C12H19N3O3. The first kappa shape index (κ1) is 12.9. The molecule has 0 bridgehead atoms. The number of β-amino-alcohol motifs (C(OH)–C–C–N with tert-alkyl or cyclic N) is 1. The Bertz CT molecular complexity index is 380. The van der Waals surface area contributed by atoms with E-state index in [1.54, 1.807) is 12.0 Å². The van der Waals surface area contributed by atoms with Crippen LogP contribution in [0.15, 0.2) is 24.5 Å². The number of rotatable bonds is 4. The topological polar surface area (TPSA) is 66.7 Å². The lowest BCUT2D eigenvalue weighted by Crippen LogP contribution is -2.40. The molecule has 0 aromatic carbocycles. The van der Waals surface area contributed by atoms with Crippen LogP contribution in [0.3, 0.4) is 0 Å². The first-order valence-corrected chi connectivity index (χ1v) is 6.05. The van der Waals surface area contributed by atoms with Crippen molar-refractivity contribution in [1.29, 1.82) is 0 Å². The highest BCUT2D eigenvalue weighted by molar-refractivity contribution is 5.74. The summed E-state index contributed by atoms with van der Waals surface area (Å²) < 4.78 is 7.09. The van der Waals surface area contributed by atoms with E-state index in [9.17, 15) is 9.90 Å². The number of hydrogen-bond acceptors (Lipinski definition) is 3.